The summed E-state index contributed by atoms with van der Waals surface area (Å²) < 4.78 is 0. The molecule has 14 heavy (non-hydrogen) atoms. The van der Waals surface area contributed by atoms with Crippen molar-refractivity contribution in [2.75, 3.05) is 0 Å². The minimum Gasteiger partial charge on any atom is -0.481 e. The van der Waals surface area contributed by atoms with E-state index in [1.165, 1.54) is 0 Å². The molecule has 0 aliphatic heterocycles. The average molecular weight is 188 g/mol. The summed E-state index contributed by atoms with van der Waals surface area (Å²) in [5.74, 6) is -0.744. The van der Waals surface area contributed by atoms with Gasteiger partial charge in [-0.15, -0.1) is 0 Å². The zero-order chi connectivity index (χ0) is 10.2. The van der Waals surface area contributed by atoms with E-state index < -0.39 is 11.4 Å². The Bertz CT molecular complexity index is 375. The van der Waals surface area contributed by atoms with Gasteiger partial charge in [0.25, 0.3) is 0 Å². The van der Waals surface area contributed by atoms with Gasteiger partial charge in [-0.3, -0.25) is 4.79 Å². The van der Waals surface area contributed by atoms with Gasteiger partial charge in [0.05, 0.1) is 5.41 Å². The lowest BCUT2D eigenvalue weighted by Crippen LogP contribution is -2.15. The van der Waals surface area contributed by atoms with Crippen LogP contribution in [0.5, 0.6) is 0 Å². The molecule has 0 unspecified atom stereocenters. The Morgan fingerprint density at radius 3 is 2.29 bits per heavy atom. The van der Waals surface area contributed by atoms with E-state index in [1.807, 2.05) is 30.3 Å². The second-order valence-corrected chi connectivity index (χ2v) is 3.73. The minimum atomic E-state index is -0.744. The van der Waals surface area contributed by atoms with E-state index in [1.54, 1.807) is 0 Å². The van der Waals surface area contributed by atoms with Crippen molar-refractivity contribution in [1.29, 1.82) is 0 Å². The molecule has 0 aromatic heterocycles. The number of benzene rings is 1. The number of hydrogen-bond acceptors (Lipinski definition) is 1. The molecule has 0 saturated heterocycles. The fourth-order valence-corrected chi connectivity index (χ4v) is 1.69. The molecular formula is C12H12O2. The molecule has 0 bridgehead atoms. The molecule has 0 spiro atoms. The Morgan fingerprint density at radius 1 is 1.29 bits per heavy atom. The zero-order valence-electron chi connectivity index (χ0n) is 7.86. The highest BCUT2D eigenvalue weighted by molar-refractivity contribution is 5.94. The van der Waals surface area contributed by atoms with Gasteiger partial charge in [-0.25, -0.2) is 0 Å². The Labute approximate surface area is 82.9 Å². The quantitative estimate of drug-likeness (QED) is 0.791. The Balaban J connectivity index is 2.30. The fourth-order valence-electron chi connectivity index (χ4n) is 1.69. The highest BCUT2D eigenvalue weighted by Crippen LogP contribution is 2.55. The van der Waals surface area contributed by atoms with Crippen molar-refractivity contribution in [3.8, 4) is 0 Å². The van der Waals surface area contributed by atoms with E-state index in [9.17, 15) is 4.79 Å². The van der Waals surface area contributed by atoms with E-state index >= 15 is 0 Å². The molecule has 0 radical (unpaired) electrons. The van der Waals surface area contributed by atoms with Gasteiger partial charge in [0.15, 0.2) is 0 Å². The van der Waals surface area contributed by atoms with Crippen LogP contribution in [-0.4, -0.2) is 11.1 Å². The van der Waals surface area contributed by atoms with Crippen LogP contribution in [0.1, 0.15) is 18.4 Å². The van der Waals surface area contributed by atoms with E-state index in [2.05, 4.69) is 6.58 Å². The van der Waals surface area contributed by atoms with E-state index in [0.717, 1.165) is 24.0 Å². The largest absolute Gasteiger partial charge is 0.481 e. The predicted octanol–water partition coefficient (Wildman–Crippen LogP) is 2.56. The lowest BCUT2D eigenvalue weighted by molar-refractivity contribution is -0.140. The number of aliphatic carboxylic acids is 1. The number of rotatable bonds is 3. The molecule has 1 aromatic rings. The normalized spacial score (nSPS) is 17.4. The maximum absolute atomic E-state index is 11.0. The Hall–Kier alpha value is -1.57. The number of carboxylic acid groups (broad SMARTS) is 1. The van der Waals surface area contributed by atoms with Crippen molar-refractivity contribution >= 4 is 11.5 Å². The predicted molar refractivity (Wildman–Crippen MR) is 54.8 cm³/mol. The summed E-state index contributed by atoms with van der Waals surface area (Å²) in [7, 11) is 0. The van der Waals surface area contributed by atoms with Gasteiger partial charge in [0.2, 0.25) is 0 Å². The first-order valence-corrected chi connectivity index (χ1v) is 4.65. The van der Waals surface area contributed by atoms with Gasteiger partial charge in [-0.2, -0.15) is 0 Å². The molecule has 0 heterocycles. The number of carboxylic acids is 1. The van der Waals surface area contributed by atoms with Crippen molar-refractivity contribution in [3.63, 3.8) is 0 Å². The number of hydrogen-bond donors (Lipinski definition) is 1. The first-order chi connectivity index (χ1) is 6.67. The van der Waals surface area contributed by atoms with E-state index in [0.29, 0.717) is 0 Å². The minimum absolute atomic E-state index is 0.665. The van der Waals surface area contributed by atoms with E-state index in [4.69, 9.17) is 5.11 Å². The first kappa shape index (κ1) is 9.00. The molecule has 0 amide bonds. The monoisotopic (exact) mass is 188 g/mol. The smallest absolute Gasteiger partial charge is 0.314 e. The molecule has 2 heteroatoms. The van der Waals surface area contributed by atoms with Crippen molar-refractivity contribution < 1.29 is 9.90 Å². The van der Waals surface area contributed by atoms with Crippen LogP contribution in [0.2, 0.25) is 0 Å². The molecule has 72 valence electrons. The van der Waals surface area contributed by atoms with Crippen LogP contribution in [0, 0.1) is 5.41 Å². The summed E-state index contributed by atoms with van der Waals surface area (Å²) >= 11 is 0. The van der Waals surface area contributed by atoms with Gasteiger partial charge in [-0.05, 0) is 24.0 Å². The van der Waals surface area contributed by atoms with Crippen LogP contribution in [0.25, 0.3) is 5.57 Å². The summed E-state index contributed by atoms with van der Waals surface area (Å²) in [5, 5.41) is 9.07. The van der Waals surface area contributed by atoms with Gasteiger partial charge < -0.3 is 5.11 Å². The Morgan fingerprint density at radius 2 is 1.86 bits per heavy atom. The summed E-state index contributed by atoms with van der Waals surface area (Å²) in [5.41, 5.74) is 1.01. The lowest BCUT2D eigenvalue weighted by atomic mass is 9.91. The summed E-state index contributed by atoms with van der Waals surface area (Å²) in [6, 6.07) is 9.53. The van der Waals surface area contributed by atoms with Crippen LogP contribution in [-0.2, 0) is 4.79 Å². The van der Waals surface area contributed by atoms with Crippen molar-refractivity contribution in [2.45, 2.75) is 12.8 Å². The first-order valence-electron chi connectivity index (χ1n) is 4.65. The van der Waals surface area contributed by atoms with E-state index in [-0.39, 0.29) is 0 Å². The topological polar surface area (TPSA) is 37.3 Å². The van der Waals surface area contributed by atoms with Crippen LogP contribution in [0.3, 0.4) is 0 Å². The highest BCUT2D eigenvalue weighted by atomic mass is 16.4. The Kier molecular flexibility index (Phi) is 1.92. The van der Waals surface area contributed by atoms with Gasteiger partial charge in [0, 0.05) is 0 Å². The number of carbonyl (C=O) groups is 1. The summed E-state index contributed by atoms with van der Waals surface area (Å²) in [6.07, 6.45) is 1.44. The van der Waals surface area contributed by atoms with Crippen LogP contribution in [0.15, 0.2) is 36.9 Å². The molecule has 0 atom stereocenters. The molecule has 2 nitrogen and oxygen atoms in total. The fraction of sp³-hybridized carbons (Fsp3) is 0.250. The average Bonchev–Trinajstić information content (AvgIpc) is 2.99. The maximum atomic E-state index is 11.0. The standard InChI is InChI=1S/C12H12O2/c1-9(10-5-3-2-4-6-10)12(7-8-12)11(13)14/h2-6H,1,7-8H2,(H,13,14). The van der Waals surface area contributed by atoms with Gasteiger partial charge in [-0.1, -0.05) is 36.9 Å². The molecule has 1 saturated carbocycles. The molecule has 1 aliphatic rings. The molecule has 1 fully saturated rings. The van der Waals surface area contributed by atoms with Crippen molar-refractivity contribution in [1.82, 2.24) is 0 Å². The zero-order valence-corrected chi connectivity index (χ0v) is 7.86. The third kappa shape index (κ3) is 1.23. The van der Waals surface area contributed by atoms with Gasteiger partial charge >= 0.3 is 5.97 Å². The van der Waals surface area contributed by atoms with Crippen LogP contribution >= 0.6 is 0 Å². The lowest BCUT2D eigenvalue weighted by Gasteiger charge is -2.13. The second-order valence-electron chi connectivity index (χ2n) is 3.73. The summed E-state index contributed by atoms with van der Waals surface area (Å²) in [4.78, 5) is 11.0. The third-order valence-electron chi connectivity index (χ3n) is 2.86. The van der Waals surface area contributed by atoms with Crippen LogP contribution in [0.4, 0.5) is 0 Å². The molecule has 1 aliphatic carbocycles. The molecular weight excluding hydrogens is 176 g/mol. The highest BCUT2D eigenvalue weighted by Gasteiger charge is 2.52. The second kappa shape index (κ2) is 2.98. The summed E-state index contributed by atoms with van der Waals surface area (Å²) in [6.45, 7) is 3.90. The molecule has 2 rings (SSSR count). The van der Waals surface area contributed by atoms with Crippen molar-refractivity contribution in [2.24, 2.45) is 5.41 Å². The molecule has 1 N–H and O–H groups in total. The maximum Gasteiger partial charge on any atom is 0.314 e. The van der Waals surface area contributed by atoms with Gasteiger partial charge in [0.1, 0.15) is 0 Å². The molecule has 1 aromatic carbocycles. The van der Waals surface area contributed by atoms with Crippen molar-refractivity contribution in [3.05, 3.63) is 42.5 Å². The third-order valence-corrected chi connectivity index (χ3v) is 2.86. The SMILES string of the molecule is C=C(c1ccccc1)C1(C(=O)O)CC1. The van der Waals surface area contributed by atoms with Crippen LogP contribution < -0.4 is 0 Å².